The third-order valence-corrected chi connectivity index (χ3v) is 5.09. The molecule has 2 atom stereocenters. The Kier molecular flexibility index (Phi) is 5.19. The van der Waals surface area contributed by atoms with Crippen molar-refractivity contribution in [2.45, 2.75) is 39.7 Å². The molecule has 2 heterocycles. The van der Waals surface area contributed by atoms with Crippen LogP contribution in [0.2, 0.25) is 0 Å². The number of fused-ring (bicyclic) bond motifs is 1. The number of piperidine rings is 1. The van der Waals surface area contributed by atoms with Crippen LogP contribution in [0.1, 0.15) is 37.5 Å². The number of hydrogen-bond donors (Lipinski definition) is 2. The topological polar surface area (TPSA) is 54.3 Å². The Bertz CT molecular complexity index is 719. The Morgan fingerprint density at radius 2 is 2.33 bits per heavy atom. The van der Waals surface area contributed by atoms with Crippen LogP contribution < -0.4 is 10.6 Å². The Balaban J connectivity index is 1.57. The molecule has 2 N–H and O–H groups in total. The molecule has 4 nitrogen and oxygen atoms in total. The van der Waals surface area contributed by atoms with Gasteiger partial charge in [0.15, 0.2) is 0 Å². The molecule has 1 aliphatic heterocycles. The number of aryl methyl sites for hydroxylation is 1. The van der Waals surface area contributed by atoms with Crippen LogP contribution in [0.15, 0.2) is 22.6 Å². The molecule has 1 amide bonds. The number of halogens is 1. The molecule has 5 heteroatoms. The largest absolute Gasteiger partial charge is 0.459 e. The van der Waals surface area contributed by atoms with E-state index in [0.717, 1.165) is 24.0 Å². The number of benzene rings is 1. The molecule has 1 aromatic carbocycles. The van der Waals surface area contributed by atoms with Gasteiger partial charge < -0.3 is 15.1 Å². The van der Waals surface area contributed by atoms with Crippen molar-refractivity contribution in [3.8, 4) is 0 Å². The lowest BCUT2D eigenvalue weighted by Gasteiger charge is -2.27. The van der Waals surface area contributed by atoms with E-state index < -0.39 is 0 Å². The maximum atomic E-state index is 13.3. The lowest BCUT2D eigenvalue weighted by atomic mass is 9.85. The van der Waals surface area contributed by atoms with Crippen molar-refractivity contribution in [3.05, 3.63) is 35.3 Å². The molecule has 0 aliphatic carbocycles. The number of rotatable bonds is 5. The summed E-state index contributed by atoms with van der Waals surface area (Å²) in [4.78, 5) is 12.2. The van der Waals surface area contributed by atoms with E-state index in [2.05, 4.69) is 17.6 Å². The van der Waals surface area contributed by atoms with Crippen molar-refractivity contribution < 1.29 is 13.6 Å². The van der Waals surface area contributed by atoms with Gasteiger partial charge in [-0.2, -0.15) is 0 Å². The third-order valence-electron chi connectivity index (χ3n) is 5.09. The highest BCUT2D eigenvalue weighted by Crippen LogP contribution is 2.26. The summed E-state index contributed by atoms with van der Waals surface area (Å²) >= 11 is 0. The van der Waals surface area contributed by atoms with Crippen molar-refractivity contribution in [2.75, 3.05) is 13.1 Å². The van der Waals surface area contributed by atoms with Crippen LogP contribution in [0.3, 0.4) is 0 Å². The first kappa shape index (κ1) is 17.0. The van der Waals surface area contributed by atoms with E-state index in [9.17, 15) is 9.18 Å². The van der Waals surface area contributed by atoms with Gasteiger partial charge in [0.1, 0.15) is 17.2 Å². The van der Waals surface area contributed by atoms with Crippen LogP contribution in [-0.2, 0) is 11.3 Å². The highest BCUT2D eigenvalue weighted by molar-refractivity contribution is 5.82. The Morgan fingerprint density at radius 3 is 3.08 bits per heavy atom. The van der Waals surface area contributed by atoms with Crippen LogP contribution >= 0.6 is 0 Å². The Hall–Kier alpha value is -1.88. The smallest absolute Gasteiger partial charge is 0.220 e. The quantitative estimate of drug-likeness (QED) is 0.881. The summed E-state index contributed by atoms with van der Waals surface area (Å²) in [5.74, 6) is 1.39. The van der Waals surface area contributed by atoms with Crippen molar-refractivity contribution in [1.29, 1.82) is 0 Å². The SMILES string of the molecule is Cc1c(CNC(=O)CC(C)C2CCCNC2)oc2ccc(F)cc12. The summed E-state index contributed by atoms with van der Waals surface area (Å²) in [7, 11) is 0. The van der Waals surface area contributed by atoms with Gasteiger partial charge in [0.05, 0.1) is 6.54 Å². The molecule has 1 fully saturated rings. The van der Waals surface area contributed by atoms with E-state index in [0.29, 0.717) is 36.1 Å². The maximum Gasteiger partial charge on any atom is 0.220 e. The van der Waals surface area contributed by atoms with Gasteiger partial charge in [0.2, 0.25) is 5.91 Å². The first-order chi connectivity index (χ1) is 11.5. The normalized spacial score (nSPS) is 19.4. The molecule has 2 aromatic rings. The summed E-state index contributed by atoms with van der Waals surface area (Å²) in [6.45, 7) is 6.47. The summed E-state index contributed by atoms with van der Waals surface area (Å²) in [6.07, 6.45) is 2.90. The second kappa shape index (κ2) is 7.34. The zero-order valence-electron chi connectivity index (χ0n) is 14.3. The van der Waals surface area contributed by atoms with E-state index in [1.165, 1.54) is 25.0 Å². The minimum absolute atomic E-state index is 0.0408. The number of carbonyl (C=O) groups is 1. The van der Waals surface area contributed by atoms with Gasteiger partial charge in [0.25, 0.3) is 0 Å². The van der Waals surface area contributed by atoms with Gasteiger partial charge in [-0.15, -0.1) is 0 Å². The van der Waals surface area contributed by atoms with Crippen molar-refractivity contribution >= 4 is 16.9 Å². The fourth-order valence-corrected chi connectivity index (χ4v) is 3.49. The minimum Gasteiger partial charge on any atom is -0.459 e. The summed E-state index contributed by atoms with van der Waals surface area (Å²) < 4.78 is 19.1. The average molecular weight is 332 g/mol. The van der Waals surface area contributed by atoms with Gasteiger partial charge in [-0.05, 0) is 62.9 Å². The second-order valence-corrected chi connectivity index (χ2v) is 6.86. The van der Waals surface area contributed by atoms with E-state index >= 15 is 0 Å². The fraction of sp³-hybridized carbons (Fsp3) is 0.526. The number of amides is 1. The Labute approximate surface area is 141 Å². The molecular formula is C19H25FN2O2. The summed E-state index contributed by atoms with van der Waals surface area (Å²) in [6, 6.07) is 4.48. The van der Waals surface area contributed by atoms with Crippen LogP contribution in [-0.4, -0.2) is 19.0 Å². The molecule has 1 saturated heterocycles. The monoisotopic (exact) mass is 332 g/mol. The van der Waals surface area contributed by atoms with Crippen LogP contribution in [0, 0.1) is 24.6 Å². The molecule has 3 rings (SSSR count). The molecule has 0 spiro atoms. The molecule has 1 aromatic heterocycles. The highest BCUT2D eigenvalue weighted by Gasteiger charge is 2.22. The maximum absolute atomic E-state index is 13.3. The van der Waals surface area contributed by atoms with Gasteiger partial charge in [-0.1, -0.05) is 6.92 Å². The van der Waals surface area contributed by atoms with Crippen molar-refractivity contribution in [3.63, 3.8) is 0 Å². The molecule has 130 valence electrons. The highest BCUT2D eigenvalue weighted by atomic mass is 19.1. The molecule has 0 saturated carbocycles. The zero-order valence-corrected chi connectivity index (χ0v) is 14.3. The zero-order chi connectivity index (χ0) is 17.1. The number of nitrogens with one attached hydrogen (secondary N) is 2. The van der Waals surface area contributed by atoms with Crippen LogP contribution in [0.4, 0.5) is 4.39 Å². The summed E-state index contributed by atoms with van der Waals surface area (Å²) in [5.41, 5.74) is 1.54. The molecule has 24 heavy (non-hydrogen) atoms. The van der Waals surface area contributed by atoms with Gasteiger partial charge >= 0.3 is 0 Å². The average Bonchev–Trinajstić information content (AvgIpc) is 2.89. The minimum atomic E-state index is -0.281. The molecule has 1 aliphatic rings. The fourth-order valence-electron chi connectivity index (χ4n) is 3.49. The molecule has 2 unspecified atom stereocenters. The predicted molar refractivity (Wildman–Crippen MR) is 92.1 cm³/mol. The van der Waals surface area contributed by atoms with Crippen molar-refractivity contribution in [1.82, 2.24) is 10.6 Å². The molecular weight excluding hydrogens is 307 g/mol. The van der Waals surface area contributed by atoms with Gasteiger partial charge in [-0.3, -0.25) is 4.79 Å². The van der Waals surface area contributed by atoms with Gasteiger partial charge in [-0.25, -0.2) is 4.39 Å². The standard InChI is InChI=1S/C19H25FN2O2/c1-12(14-4-3-7-21-10-14)8-19(23)22-11-18-13(2)16-9-15(20)5-6-17(16)24-18/h5-6,9,12,14,21H,3-4,7-8,10-11H2,1-2H3,(H,22,23). The molecule has 0 bridgehead atoms. The van der Waals surface area contributed by atoms with Crippen LogP contribution in [0.5, 0.6) is 0 Å². The number of carbonyl (C=O) groups excluding carboxylic acids is 1. The van der Waals surface area contributed by atoms with Crippen LogP contribution in [0.25, 0.3) is 11.0 Å². The second-order valence-electron chi connectivity index (χ2n) is 6.86. The number of furan rings is 1. The van der Waals surface area contributed by atoms with E-state index in [1.807, 2.05) is 6.92 Å². The first-order valence-corrected chi connectivity index (χ1v) is 8.69. The van der Waals surface area contributed by atoms with E-state index in [-0.39, 0.29) is 11.7 Å². The lowest BCUT2D eigenvalue weighted by molar-refractivity contribution is -0.122. The first-order valence-electron chi connectivity index (χ1n) is 8.69. The van der Waals surface area contributed by atoms with Crippen molar-refractivity contribution in [2.24, 2.45) is 11.8 Å². The summed E-state index contributed by atoms with van der Waals surface area (Å²) in [5, 5.41) is 7.10. The van der Waals surface area contributed by atoms with Gasteiger partial charge in [0, 0.05) is 17.4 Å². The van der Waals surface area contributed by atoms with E-state index in [1.54, 1.807) is 6.07 Å². The third kappa shape index (κ3) is 3.78. The Morgan fingerprint density at radius 1 is 1.50 bits per heavy atom. The number of hydrogen-bond acceptors (Lipinski definition) is 3. The van der Waals surface area contributed by atoms with E-state index in [4.69, 9.17) is 4.42 Å². The lowest BCUT2D eigenvalue weighted by Crippen LogP contribution is -2.35. The molecule has 0 radical (unpaired) electrons. The predicted octanol–water partition coefficient (Wildman–Crippen LogP) is 3.52.